The maximum absolute atomic E-state index is 11.8. The minimum atomic E-state index is -0.214. The number of hydrogen-bond acceptors (Lipinski definition) is 3. The molecular weight excluding hydrogens is 278 g/mol. The van der Waals surface area contributed by atoms with E-state index in [0.29, 0.717) is 13.2 Å². The van der Waals surface area contributed by atoms with E-state index in [4.69, 9.17) is 4.74 Å². The van der Waals surface area contributed by atoms with Gasteiger partial charge in [0.1, 0.15) is 0 Å². The molecule has 0 heterocycles. The first-order valence-corrected chi connectivity index (χ1v) is 7.19. The van der Waals surface area contributed by atoms with Crippen molar-refractivity contribution in [3.8, 4) is 0 Å². The number of anilines is 2. The van der Waals surface area contributed by atoms with Gasteiger partial charge in [-0.05, 0) is 29.8 Å². The summed E-state index contributed by atoms with van der Waals surface area (Å²) in [6.07, 6.45) is 0. The molecule has 2 rings (SSSR count). The molecule has 2 aromatic carbocycles. The Morgan fingerprint density at radius 2 is 1.73 bits per heavy atom. The molecular formula is C17H21N3O2. The van der Waals surface area contributed by atoms with Gasteiger partial charge in [0.25, 0.3) is 0 Å². The van der Waals surface area contributed by atoms with Crippen molar-refractivity contribution in [2.24, 2.45) is 0 Å². The lowest BCUT2D eigenvalue weighted by Gasteiger charge is -2.09. The second kappa shape index (κ2) is 8.69. The highest BCUT2D eigenvalue weighted by molar-refractivity contribution is 5.89. The van der Waals surface area contributed by atoms with Gasteiger partial charge in [0.05, 0.1) is 6.61 Å². The van der Waals surface area contributed by atoms with E-state index in [0.717, 1.165) is 23.5 Å². The summed E-state index contributed by atoms with van der Waals surface area (Å²) in [5.74, 6) is 0. The molecule has 0 aromatic heterocycles. The Bertz CT molecular complexity index is 570. The average molecular weight is 299 g/mol. The van der Waals surface area contributed by atoms with Gasteiger partial charge in [-0.15, -0.1) is 0 Å². The predicted molar refractivity (Wildman–Crippen MR) is 89.1 cm³/mol. The van der Waals surface area contributed by atoms with E-state index < -0.39 is 0 Å². The van der Waals surface area contributed by atoms with Crippen molar-refractivity contribution in [2.75, 3.05) is 30.9 Å². The second-order valence-corrected chi connectivity index (χ2v) is 4.79. The quantitative estimate of drug-likeness (QED) is 0.689. The Labute approximate surface area is 130 Å². The Morgan fingerprint density at radius 3 is 2.41 bits per heavy atom. The van der Waals surface area contributed by atoms with Crippen molar-refractivity contribution in [3.05, 3.63) is 60.2 Å². The van der Waals surface area contributed by atoms with E-state index in [-0.39, 0.29) is 6.03 Å². The molecule has 0 aliphatic carbocycles. The van der Waals surface area contributed by atoms with E-state index in [1.165, 1.54) is 0 Å². The van der Waals surface area contributed by atoms with Gasteiger partial charge >= 0.3 is 6.03 Å². The van der Waals surface area contributed by atoms with Crippen LogP contribution in [0.5, 0.6) is 0 Å². The van der Waals surface area contributed by atoms with Crippen LogP contribution in [0.25, 0.3) is 0 Å². The van der Waals surface area contributed by atoms with Gasteiger partial charge in [-0.3, -0.25) is 0 Å². The van der Waals surface area contributed by atoms with Crippen LogP contribution in [0.4, 0.5) is 16.2 Å². The number of nitrogens with one attached hydrogen (secondary N) is 3. The first kappa shape index (κ1) is 15.9. The minimum absolute atomic E-state index is 0.214. The normalized spacial score (nSPS) is 10.0. The van der Waals surface area contributed by atoms with E-state index in [1.807, 2.05) is 54.6 Å². The third-order valence-corrected chi connectivity index (χ3v) is 3.07. The summed E-state index contributed by atoms with van der Waals surface area (Å²) < 4.78 is 4.98. The number of para-hydroxylation sites is 1. The molecule has 0 aliphatic heterocycles. The van der Waals surface area contributed by atoms with Crippen LogP contribution in [0.1, 0.15) is 5.56 Å². The number of ether oxygens (including phenoxy) is 1. The van der Waals surface area contributed by atoms with Gasteiger partial charge in [-0.1, -0.05) is 30.3 Å². The Balaban J connectivity index is 1.75. The summed E-state index contributed by atoms with van der Waals surface area (Å²) in [7, 11) is 1.68. The molecule has 5 nitrogen and oxygen atoms in total. The van der Waals surface area contributed by atoms with Gasteiger partial charge in [-0.25, -0.2) is 4.79 Å². The van der Waals surface area contributed by atoms with E-state index >= 15 is 0 Å². The van der Waals surface area contributed by atoms with Gasteiger partial charge in [0, 0.05) is 31.6 Å². The van der Waals surface area contributed by atoms with Crippen LogP contribution in [0.3, 0.4) is 0 Å². The summed E-state index contributed by atoms with van der Waals surface area (Å²) >= 11 is 0. The molecule has 2 aromatic rings. The van der Waals surface area contributed by atoms with Crippen LogP contribution < -0.4 is 16.0 Å². The molecule has 0 saturated heterocycles. The number of urea groups is 1. The number of methoxy groups -OCH3 is 1. The van der Waals surface area contributed by atoms with Crippen molar-refractivity contribution < 1.29 is 9.53 Å². The SMILES string of the molecule is COCCNc1ccc(CNC(=O)Nc2ccccc2)cc1. The van der Waals surface area contributed by atoms with Crippen LogP contribution in [0.2, 0.25) is 0 Å². The Hall–Kier alpha value is -2.53. The standard InChI is InChI=1S/C17H21N3O2/c1-22-12-11-18-15-9-7-14(8-10-15)13-19-17(21)20-16-5-3-2-4-6-16/h2-10,18H,11-13H2,1H3,(H2,19,20,21). The molecule has 116 valence electrons. The van der Waals surface area contributed by atoms with E-state index in [1.54, 1.807) is 7.11 Å². The van der Waals surface area contributed by atoms with Crippen molar-refractivity contribution in [1.29, 1.82) is 0 Å². The van der Waals surface area contributed by atoms with Crippen molar-refractivity contribution in [1.82, 2.24) is 5.32 Å². The Kier molecular flexibility index (Phi) is 6.26. The van der Waals surface area contributed by atoms with Crippen LogP contribution in [-0.2, 0) is 11.3 Å². The summed E-state index contributed by atoms with van der Waals surface area (Å²) in [5, 5.41) is 8.86. The molecule has 0 radical (unpaired) electrons. The number of hydrogen-bond donors (Lipinski definition) is 3. The van der Waals surface area contributed by atoms with Gasteiger partial charge < -0.3 is 20.7 Å². The van der Waals surface area contributed by atoms with Gasteiger partial charge in [-0.2, -0.15) is 0 Å². The smallest absolute Gasteiger partial charge is 0.319 e. The lowest BCUT2D eigenvalue weighted by Crippen LogP contribution is -2.28. The van der Waals surface area contributed by atoms with Crippen molar-refractivity contribution in [2.45, 2.75) is 6.54 Å². The monoisotopic (exact) mass is 299 g/mol. The number of rotatable bonds is 7. The third-order valence-electron chi connectivity index (χ3n) is 3.07. The number of amides is 2. The molecule has 3 N–H and O–H groups in total. The van der Waals surface area contributed by atoms with E-state index in [2.05, 4.69) is 16.0 Å². The first-order chi connectivity index (χ1) is 10.8. The summed E-state index contributed by atoms with van der Waals surface area (Å²) in [6.45, 7) is 1.92. The molecule has 0 fully saturated rings. The zero-order valence-corrected chi connectivity index (χ0v) is 12.6. The molecule has 0 saturated carbocycles. The summed E-state index contributed by atoms with van der Waals surface area (Å²) in [6, 6.07) is 17.1. The number of benzene rings is 2. The lowest BCUT2D eigenvalue weighted by molar-refractivity contribution is 0.211. The topological polar surface area (TPSA) is 62.4 Å². The Morgan fingerprint density at radius 1 is 1.00 bits per heavy atom. The molecule has 0 atom stereocenters. The molecule has 0 bridgehead atoms. The molecule has 0 spiro atoms. The van der Waals surface area contributed by atoms with Crippen molar-refractivity contribution >= 4 is 17.4 Å². The van der Waals surface area contributed by atoms with Gasteiger partial charge in [0.2, 0.25) is 0 Å². The zero-order chi connectivity index (χ0) is 15.6. The highest BCUT2D eigenvalue weighted by Crippen LogP contribution is 2.09. The van der Waals surface area contributed by atoms with Gasteiger partial charge in [0.15, 0.2) is 0 Å². The highest BCUT2D eigenvalue weighted by Gasteiger charge is 2.01. The number of carbonyl (C=O) groups excluding carboxylic acids is 1. The summed E-state index contributed by atoms with van der Waals surface area (Å²) in [4.78, 5) is 11.8. The fraction of sp³-hybridized carbons (Fsp3) is 0.235. The molecule has 0 unspecified atom stereocenters. The summed E-state index contributed by atoms with van der Waals surface area (Å²) in [5.41, 5.74) is 2.85. The number of carbonyl (C=O) groups is 1. The highest BCUT2D eigenvalue weighted by atomic mass is 16.5. The van der Waals surface area contributed by atoms with Crippen LogP contribution in [0, 0.1) is 0 Å². The molecule has 22 heavy (non-hydrogen) atoms. The second-order valence-electron chi connectivity index (χ2n) is 4.79. The van der Waals surface area contributed by atoms with Crippen LogP contribution >= 0.6 is 0 Å². The minimum Gasteiger partial charge on any atom is -0.383 e. The third kappa shape index (κ3) is 5.46. The van der Waals surface area contributed by atoms with E-state index in [9.17, 15) is 4.79 Å². The van der Waals surface area contributed by atoms with Crippen molar-refractivity contribution in [3.63, 3.8) is 0 Å². The largest absolute Gasteiger partial charge is 0.383 e. The fourth-order valence-corrected chi connectivity index (χ4v) is 1.92. The molecule has 5 heteroatoms. The fourth-order valence-electron chi connectivity index (χ4n) is 1.92. The lowest BCUT2D eigenvalue weighted by atomic mass is 10.2. The maximum Gasteiger partial charge on any atom is 0.319 e. The van der Waals surface area contributed by atoms with Crippen LogP contribution in [-0.4, -0.2) is 26.3 Å². The first-order valence-electron chi connectivity index (χ1n) is 7.19. The average Bonchev–Trinajstić information content (AvgIpc) is 2.55. The zero-order valence-electron chi connectivity index (χ0n) is 12.6. The molecule has 0 aliphatic rings. The van der Waals surface area contributed by atoms with Crippen LogP contribution in [0.15, 0.2) is 54.6 Å². The molecule has 2 amide bonds. The maximum atomic E-state index is 11.8. The predicted octanol–water partition coefficient (Wildman–Crippen LogP) is 3.07.